The van der Waals surface area contributed by atoms with E-state index in [-0.39, 0.29) is 12.2 Å². The first-order valence-corrected chi connectivity index (χ1v) is 7.33. The van der Waals surface area contributed by atoms with Crippen molar-refractivity contribution in [2.24, 2.45) is 0 Å². The van der Waals surface area contributed by atoms with Gasteiger partial charge in [0.1, 0.15) is 11.3 Å². The number of amides is 1. The zero-order valence-electron chi connectivity index (χ0n) is 12.4. The highest BCUT2D eigenvalue weighted by Crippen LogP contribution is 2.20. The second-order valence-electron chi connectivity index (χ2n) is 4.78. The summed E-state index contributed by atoms with van der Waals surface area (Å²) in [4.78, 5) is 23.8. The van der Waals surface area contributed by atoms with E-state index in [1.807, 2.05) is 19.1 Å². The Balaban J connectivity index is 1.94. The molecular weight excluding hydrogens is 352 g/mol. The fourth-order valence-corrected chi connectivity index (χ4v) is 2.41. The second-order valence-corrected chi connectivity index (χ2v) is 5.70. The molecule has 1 aromatic heterocycles. The quantitative estimate of drug-likeness (QED) is 0.840. The van der Waals surface area contributed by atoms with Gasteiger partial charge in [0.15, 0.2) is 6.61 Å². The van der Waals surface area contributed by atoms with Crippen molar-refractivity contribution in [3.05, 3.63) is 45.3 Å². The van der Waals surface area contributed by atoms with Gasteiger partial charge in [-0.3, -0.25) is 4.79 Å². The number of halogens is 1. The molecule has 116 valence electrons. The van der Waals surface area contributed by atoms with Crippen LogP contribution >= 0.6 is 15.9 Å². The highest BCUT2D eigenvalue weighted by atomic mass is 79.9. The molecule has 0 saturated carbocycles. The van der Waals surface area contributed by atoms with Crippen molar-refractivity contribution in [2.75, 3.05) is 11.9 Å². The third-order valence-electron chi connectivity index (χ3n) is 3.03. The largest absolute Gasteiger partial charge is 0.452 e. The number of hydrogen-bond donors (Lipinski definition) is 1. The molecule has 2 aromatic rings. The first-order chi connectivity index (χ1) is 10.4. The van der Waals surface area contributed by atoms with E-state index in [1.54, 1.807) is 19.9 Å². The molecule has 0 bridgehead atoms. The summed E-state index contributed by atoms with van der Waals surface area (Å²) >= 11 is 3.35. The summed E-state index contributed by atoms with van der Waals surface area (Å²) in [7, 11) is 0. The van der Waals surface area contributed by atoms with Gasteiger partial charge in [0.25, 0.3) is 5.91 Å². The molecule has 0 atom stereocenters. The Bertz CT molecular complexity index is 705. The van der Waals surface area contributed by atoms with Crippen LogP contribution in [0.3, 0.4) is 0 Å². The van der Waals surface area contributed by atoms with Crippen LogP contribution in [-0.4, -0.2) is 23.6 Å². The summed E-state index contributed by atoms with van der Waals surface area (Å²) in [6.07, 6.45) is 0. The van der Waals surface area contributed by atoms with Gasteiger partial charge in [0.05, 0.1) is 5.69 Å². The molecule has 0 aliphatic rings. The zero-order valence-corrected chi connectivity index (χ0v) is 14.0. The Morgan fingerprint density at radius 2 is 2.05 bits per heavy atom. The van der Waals surface area contributed by atoms with Crippen molar-refractivity contribution in [3.8, 4) is 0 Å². The number of benzene rings is 1. The molecule has 1 aromatic carbocycles. The van der Waals surface area contributed by atoms with Crippen molar-refractivity contribution >= 4 is 33.5 Å². The number of nitrogens with one attached hydrogen (secondary N) is 1. The third kappa shape index (κ3) is 3.73. The Labute approximate surface area is 135 Å². The minimum atomic E-state index is -0.626. The van der Waals surface area contributed by atoms with E-state index in [2.05, 4.69) is 26.4 Å². The number of esters is 1. The molecule has 0 aliphatic carbocycles. The number of rotatable bonds is 4. The number of nitrogens with zero attached hydrogens (tertiary/aromatic N) is 1. The van der Waals surface area contributed by atoms with E-state index in [1.165, 1.54) is 0 Å². The first kappa shape index (κ1) is 16.2. The van der Waals surface area contributed by atoms with Gasteiger partial charge in [0.2, 0.25) is 0 Å². The van der Waals surface area contributed by atoms with Crippen LogP contribution in [-0.2, 0) is 9.53 Å². The molecule has 2 rings (SSSR count). The molecule has 0 aliphatic heterocycles. The molecule has 0 unspecified atom stereocenters. The highest BCUT2D eigenvalue weighted by molar-refractivity contribution is 9.10. The van der Waals surface area contributed by atoms with Crippen LogP contribution in [0.2, 0.25) is 0 Å². The maximum atomic E-state index is 11.9. The van der Waals surface area contributed by atoms with E-state index >= 15 is 0 Å². The third-order valence-corrected chi connectivity index (χ3v) is 3.53. The highest BCUT2D eigenvalue weighted by Gasteiger charge is 2.20. The average molecular weight is 367 g/mol. The number of aryl methyl sites for hydroxylation is 3. The van der Waals surface area contributed by atoms with Crippen LogP contribution in [0.4, 0.5) is 5.69 Å². The van der Waals surface area contributed by atoms with E-state index in [4.69, 9.17) is 9.26 Å². The van der Waals surface area contributed by atoms with Gasteiger partial charge in [0, 0.05) is 10.2 Å². The monoisotopic (exact) mass is 366 g/mol. The number of hydrogen-bond acceptors (Lipinski definition) is 5. The van der Waals surface area contributed by atoms with Crippen LogP contribution in [0, 0.1) is 20.8 Å². The van der Waals surface area contributed by atoms with Gasteiger partial charge in [-0.05, 0) is 44.5 Å². The fourth-order valence-electron chi connectivity index (χ4n) is 1.93. The van der Waals surface area contributed by atoms with Crippen LogP contribution in [0.15, 0.2) is 27.2 Å². The van der Waals surface area contributed by atoms with Crippen molar-refractivity contribution < 1.29 is 18.8 Å². The molecule has 22 heavy (non-hydrogen) atoms. The molecule has 0 spiro atoms. The predicted molar refractivity (Wildman–Crippen MR) is 83.8 cm³/mol. The zero-order chi connectivity index (χ0) is 16.3. The standard InChI is InChI=1S/C15H15BrN2O4/c1-8-6-11(16)4-5-12(8)17-13(19)7-21-15(20)14-9(2)18-22-10(14)3/h4-6H,7H2,1-3H3,(H,17,19). The van der Waals surface area contributed by atoms with Gasteiger partial charge in [-0.1, -0.05) is 21.1 Å². The second kappa shape index (κ2) is 6.74. The van der Waals surface area contributed by atoms with Crippen LogP contribution in [0.1, 0.15) is 27.4 Å². The molecule has 0 saturated heterocycles. The Hall–Kier alpha value is -2.15. The van der Waals surface area contributed by atoms with E-state index < -0.39 is 11.9 Å². The van der Waals surface area contributed by atoms with Crippen molar-refractivity contribution in [3.63, 3.8) is 0 Å². The molecule has 1 heterocycles. The number of anilines is 1. The summed E-state index contributed by atoms with van der Waals surface area (Å²) in [5.74, 6) is -0.670. The van der Waals surface area contributed by atoms with Crippen molar-refractivity contribution in [1.82, 2.24) is 5.16 Å². The molecule has 6 nitrogen and oxygen atoms in total. The number of carbonyl (C=O) groups excluding carboxylic acids is 2. The molecule has 0 fully saturated rings. The fraction of sp³-hybridized carbons (Fsp3) is 0.267. The van der Waals surface area contributed by atoms with Gasteiger partial charge in [-0.25, -0.2) is 4.79 Å². The van der Waals surface area contributed by atoms with Crippen LogP contribution in [0.5, 0.6) is 0 Å². The number of aromatic nitrogens is 1. The van der Waals surface area contributed by atoms with E-state index in [0.717, 1.165) is 10.0 Å². The van der Waals surface area contributed by atoms with Crippen LogP contribution < -0.4 is 5.32 Å². The van der Waals surface area contributed by atoms with Crippen LogP contribution in [0.25, 0.3) is 0 Å². The maximum Gasteiger partial charge on any atom is 0.344 e. The predicted octanol–water partition coefficient (Wildman–Crippen LogP) is 3.16. The normalized spacial score (nSPS) is 10.4. The number of ether oxygens (including phenoxy) is 1. The topological polar surface area (TPSA) is 81.4 Å². The Kier molecular flexibility index (Phi) is 4.97. The molecule has 1 N–H and O–H groups in total. The lowest BCUT2D eigenvalue weighted by Crippen LogP contribution is -2.21. The van der Waals surface area contributed by atoms with Gasteiger partial charge in [-0.15, -0.1) is 0 Å². The molecule has 0 radical (unpaired) electrons. The Morgan fingerprint density at radius 3 is 2.64 bits per heavy atom. The molecular formula is C15H15BrN2O4. The van der Waals surface area contributed by atoms with E-state index in [0.29, 0.717) is 17.1 Å². The Morgan fingerprint density at radius 1 is 1.32 bits per heavy atom. The minimum absolute atomic E-state index is 0.257. The van der Waals surface area contributed by atoms with E-state index in [9.17, 15) is 9.59 Å². The van der Waals surface area contributed by atoms with Gasteiger partial charge in [-0.2, -0.15) is 0 Å². The minimum Gasteiger partial charge on any atom is -0.452 e. The average Bonchev–Trinajstić information content (AvgIpc) is 2.79. The summed E-state index contributed by atoms with van der Waals surface area (Å²) in [6.45, 7) is 4.74. The lowest BCUT2D eigenvalue weighted by molar-refractivity contribution is -0.119. The number of carbonyl (C=O) groups is 2. The summed E-state index contributed by atoms with van der Waals surface area (Å²) < 4.78 is 10.8. The first-order valence-electron chi connectivity index (χ1n) is 6.54. The summed E-state index contributed by atoms with van der Waals surface area (Å²) in [5, 5.41) is 6.36. The van der Waals surface area contributed by atoms with Crippen molar-refractivity contribution in [2.45, 2.75) is 20.8 Å². The van der Waals surface area contributed by atoms with Gasteiger partial charge < -0.3 is 14.6 Å². The smallest absolute Gasteiger partial charge is 0.344 e. The molecule has 7 heteroatoms. The van der Waals surface area contributed by atoms with Crippen molar-refractivity contribution in [1.29, 1.82) is 0 Å². The van der Waals surface area contributed by atoms with Gasteiger partial charge >= 0.3 is 5.97 Å². The lowest BCUT2D eigenvalue weighted by Gasteiger charge is -2.09. The SMILES string of the molecule is Cc1cc(Br)ccc1NC(=O)COC(=O)c1c(C)noc1C. The lowest BCUT2D eigenvalue weighted by atomic mass is 10.2. The summed E-state index contributed by atoms with van der Waals surface area (Å²) in [6, 6.07) is 5.47. The summed E-state index contributed by atoms with van der Waals surface area (Å²) in [5.41, 5.74) is 2.26. The maximum absolute atomic E-state index is 11.9. The molecule has 1 amide bonds.